The first-order valence-corrected chi connectivity index (χ1v) is 6.41. The van der Waals surface area contributed by atoms with Crippen LogP contribution in [0.25, 0.3) is 0 Å². The molecule has 1 rings (SSSR count). The van der Waals surface area contributed by atoms with E-state index in [0.717, 1.165) is 18.1 Å². The molecule has 0 radical (unpaired) electrons. The summed E-state index contributed by atoms with van der Waals surface area (Å²) < 4.78 is 0. The van der Waals surface area contributed by atoms with Gasteiger partial charge in [-0.15, -0.1) is 0 Å². The zero-order valence-electron chi connectivity index (χ0n) is 9.58. The van der Waals surface area contributed by atoms with Crippen LogP contribution in [-0.4, -0.2) is 47.6 Å². The Morgan fingerprint density at radius 3 is 2.75 bits per heavy atom. The van der Waals surface area contributed by atoms with Gasteiger partial charge in [0.15, 0.2) is 0 Å². The number of carbonyl (C=O) groups is 2. The fraction of sp³-hybridized carbons (Fsp3) is 0.800. The lowest BCUT2D eigenvalue weighted by atomic mass is 9.94. The molecule has 1 heterocycles. The van der Waals surface area contributed by atoms with E-state index in [2.05, 4.69) is 10.6 Å². The van der Waals surface area contributed by atoms with Crippen LogP contribution in [0.2, 0.25) is 0 Å². The molecule has 0 bridgehead atoms. The SMILES string of the molecule is CC(C)(CNC(=O)C1CSCCN1)C(=O)O. The number of carboxylic acids is 1. The molecule has 0 aromatic rings. The molecule has 1 aliphatic heterocycles. The normalized spacial score (nSPS) is 21.5. The zero-order valence-corrected chi connectivity index (χ0v) is 10.4. The summed E-state index contributed by atoms with van der Waals surface area (Å²) in [6, 6.07) is -0.191. The number of thioether (sulfide) groups is 1. The summed E-state index contributed by atoms with van der Waals surface area (Å²) in [6.45, 7) is 4.17. The lowest BCUT2D eigenvalue weighted by Gasteiger charge is -2.25. The van der Waals surface area contributed by atoms with Crippen LogP contribution in [0.3, 0.4) is 0 Å². The maximum Gasteiger partial charge on any atom is 0.310 e. The fourth-order valence-corrected chi connectivity index (χ4v) is 2.17. The Hall–Kier alpha value is -0.750. The number of nitrogens with one attached hydrogen (secondary N) is 2. The maximum absolute atomic E-state index is 11.7. The van der Waals surface area contributed by atoms with E-state index in [1.807, 2.05) is 0 Å². The van der Waals surface area contributed by atoms with Gasteiger partial charge < -0.3 is 15.7 Å². The van der Waals surface area contributed by atoms with Gasteiger partial charge in [-0.2, -0.15) is 11.8 Å². The van der Waals surface area contributed by atoms with Gasteiger partial charge in [-0.25, -0.2) is 0 Å². The van der Waals surface area contributed by atoms with Gasteiger partial charge in [0.05, 0.1) is 11.5 Å². The highest BCUT2D eigenvalue weighted by atomic mass is 32.2. The van der Waals surface area contributed by atoms with E-state index in [0.29, 0.717) is 0 Å². The molecule has 0 spiro atoms. The summed E-state index contributed by atoms with van der Waals surface area (Å²) in [7, 11) is 0. The van der Waals surface area contributed by atoms with E-state index in [4.69, 9.17) is 5.11 Å². The van der Waals surface area contributed by atoms with Crippen molar-refractivity contribution in [3.05, 3.63) is 0 Å². The molecule has 1 unspecified atom stereocenters. The topological polar surface area (TPSA) is 78.4 Å². The van der Waals surface area contributed by atoms with Crippen molar-refractivity contribution in [1.82, 2.24) is 10.6 Å². The monoisotopic (exact) mass is 246 g/mol. The molecule has 5 nitrogen and oxygen atoms in total. The standard InChI is InChI=1S/C10H18N2O3S/c1-10(2,9(14)15)6-12-8(13)7-5-16-4-3-11-7/h7,11H,3-6H2,1-2H3,(H,12,13)(H,14,15). The van der Waals surface area contributed by atoms with Gasteiger partial charge >= 0.3 is 5.97 Å². The lowest BCUT2D eigenvalue weighted by Crippen LogP contribution is -2.51. The molecule has 6 heteroatoms. The average Bonchev–Trinajstić information content (AvgIpc) is 2.27. The third-order valence-corrected chi connectivity index (χ3v) is 3.58. The van der Waals surface area contributed by atoms with E-state index in [-0.39, 0.29) is 18.5 Å². The third-order valence-electron chi connectivity index (χ3n) is 2.52. The van der Waals surface area contributed by atoms with Crippen molar-refractivity contribution in [3.8, 4) is 0 Å². The first-order valence-electron chi connectivity index (χ1n) is 5.26. The first kappa shape index (κ1) is 13.3. The van der Waals surface area contributed by atoms with Crippen LogP contribution in [-0.2, 0) is 9.59 Å². The Morgan fingerprint density at radius 2 is 2.25 bits per heavy atom. The Labute approximate surface area is 99.4 Å². The number of carboxylic acid groups (broad SMARTS) is 1. The van der Waals surface area contributed by atoms with Crippen LogP contribution in [0.15, 0.2) is 0 Å². The van der Waals surface area contributed by atoms with Crippen molar-refractivity contribution >= 4 is 23.6 Å². The Kier molecular flexibility index (Phi) is 4.61. The van der Waals surface area contributed by atoms with Crippen molar-refractivity contribution in [2.24, 2.45) is 5.41 Å². The summed E-state index contributed by atoms with van der Waals surface area (Å²) in [5, 5.41) is 14.7. The second-order valence-corrected chi connectivity index (χ2v) is 5.64. The number of carbonyl (C=O) groups excluding carboxylic acids is 1. The predicted octanol–water partition coefficient (Wildman–Crippen LogP) is -0.0816. The second kappa shape index (κ2) is 5.54. The third kappa shape index (κ3) is 3.68. The highest BCUT2D eigenvalue weighted by Crippen LogP contribution is 2.13. The van der Waals surface area contributed by atoms with Crippen molar-refractivity contribution in [2.45, 2.75) is 19.9 Å². The minimum Gasteiger partial charge on any atom is -0.481 e. The van der Waals surface area contributed by atoms with Crippen LogP contribution in [0.5, 0.6) is 0 Å². The number of aliphatic carboxylic acids is 1. The van der Waals surface area contributed by atoms with Crippen LogP contribution in [0, 0.1) is 5.41 Å². The minimum atomic E-state index is -0.919. The molecular weight excluding hydrogens is 228 g/mol. The molecule has 0 aromatic carbocycles. The van der Waals surface area contributed by atoms with Gasteiger partial charge in [0.1, 0.15) is 0 Å². The van der Waals surface area contributed by atoms with Gasteiger partial charge in [0.2, 0.25) is 5.91 Å². The summed E-state index contributed by atoms with van der Waals surface area (Å²) in [6.07, 6.45) is 0. The largest absolute Gasteiger partial charge is 0.481 e. The molecule has 16 heavy (non-hydrogen) atoms. The highest BCUT2D eigenvalue weighted by Gasteiger charge is 2.29. The Morgan fingerprint density at radius 1 is 1.56 bits per heavy atom. The molecule has 3 N–H and O–H groups in total. The Balaban J connectivity index is 2.37. The highest BCUT2D eigenvalue weighted by molar-refractivity contribution is 7.99. The molecule has 0 aliphatic carbocycles. The molecule has 1 saturated heterocycles. The molecule has 1 amide bonds. The van der Waals surface area contributed by atoms with Gasteiger partial charge in [-0.05, 0) is 13.8 Å². The number of rotatable bonds is 4. The van der Waals surface area contributed by atoms with E-state index in [1.54, 1.807) is 25.6 Å². The zero-order chi connectivity index (χ0) is 12.2. The molecule has 1 fully saturated rings. The number of hydrogen-bond donors (Lipinski definition) is 3. The summed E-state index contributed by atoms with van der Waals surface area (Å²) in [4.78, 5) is 22.5. The van der Waals surface area contributed by atoms with Crippen LogP contribution < -0.4 is 10.6 Å². The van der Waals surface area contributed by atoms with E-state index in [1.165, 1.54) is 0 Å². The summed E-state index contributed by atoms with van der Waals surface area (Å²) >= 11 is 1.73. The molecule has 0 aromatic heterocycles. The first-order chi connectivity index (χ1) is 7.43. The van der Waals surface area contributed by atoms with Crippen LogP contribution in [0.4, 0.5) is 0 Å². The molecule has 1 atom stereocenters. The van der Waals surface area contributed by atoms with Gasteiger partial charge in [-0.3, -0.25) is 9.59 Å². The fourth-order valence-electron chi connectivity index (χ4n) is 1.24. The average molecular weight is 246 g/mol. The second-order valence-electron chi connectivity index (χ2n) is 4.49. The van der Waals surface area contributed by atoms with E-state index < -0.39 is 11.4 Å². The lowest BCUT2D eigenvalue weighted by molar-refractivity contribution is -0.146. The van der Waals surface area contributed by atoms with E-state index in [9.17, 15) is 9.59 Å². The molecule has 0 saturated carbocycles. The smallest absolute Gasteiger partial charge is 0.310 e. The minimum absolute atomic E-state index is 0.110. The maximum atomic E-state index is 11.7. The van der Waals surface area contributed by atoms with Crippen molar-refractivity contribution < 1.29 is 14.7 Å². The van der Waals surface area contributed by atoms with Gasteiger partial charge in [-0.1, -0.05) is 0 Å². The predicted molar refractivity (Wildman–Crippen MR) is 63.5 cm³/mol. The Bertz CT molecular complexity index is 275. The molecular formula is C10H18N2O3S. The number of hydrogen-bond acceptors (Lipinski definition) is 4. The summed E-state index contributed by atoms with van der Waals surface area (Å²) in [5.74, 6) is 0.754. The van der Waals surface area contributed by atoms with Crippen LogP contribution >= 0.6 is 11.8 Å². The summed E-state index contributed by atoms with van der Waals surface area (Å²) in [5.41, 5.74) is -0.919. The quantitative estimate of drug-likeness (QED) is 0.646. The molecule has 1 aliphatic rings. The number of amides is 1. The van der Waals surface area contributed by atoms with Crippen molar-refractivity contribution in [1.29, 1.82) is 0 Å². The van der Waals surface area contributed by atoms with Gasteiger partial charge in [0.25, 0.3) is 0 Å². The van der Waals surface area contributed by atoms with Crippen molar-refractivity contribution in [3.63, 3.8) is 0 Å². The van der Waals surface area contributed by atoms with E-state index >= 15 is 0 Å². The van der Waals surface area contributed by atoms with Crippen LogP contribution in [0.1, 0.15) is 13.8 Å². The van der Waals surface area contributed by atoms with Gasteiger partial charge in [0, 0.05) is 24.6 Å². The molecule has 92 valence electrons. The van der Waals surface area contributed by atoms with Crippen molar-refractivity contribution in [2.75, 3.05) is 24.6 Å².